The first-order chi connectivity index (χ1) is 5.76. The van der Waals surface area contributed by atoms with Crippen LogP contribution < -0.4 is 4.74 Å². The molecule has 1 aliphatic rings. The van der Waals surface area contributed by atoms with Crippen molar-refractivity contribution < 1.29 is 4.74 Å². The van der Waals surface area contributed by atoms with Crippen molar-refractivity contribution in [3.05, 3.63) is 23.9 Å². The molecule has 1 aromatic rings. The Morgan fingerprint density at radius 3 is 2.83 bits per heavy atom. The number of pyridine rings is 1. The maximum Gasteiger partial charge on any atom is 0.216 e. The van der Waals surface area contributed by atoms with Gasteiger partial charge in [-0.1, -0.05) is 13.0 Å². The number of methoxy groups -OCH3 is 1. The average molecular weight is 163 g/mol. The minimum atomic E-state index is 0.347. The fraction of sp³-hybridized carbons (Fsp3) is 0.500. The van der Waals surface area contributed by atoms with Gasteiger partial charge in [0.05, 0.1) is 7.11 Å². The van der Waals surface area contributed by atoms with E-state index in [9.17, 15) is 0 Å². The summed E-state index contributed by atoms with van der Waals surface area (Å²) in [5.41, 5.74) is 1.60. The predicted octanol–water partition coefficient (Wildman–Crippen LogP) is 2.14. The van der Waals surface area contributed by atoms with Crippen molar-refractivity contribution in [1.29, 1.82) is 0 Å². The molecule has 0 atom stereocenters. The van der Waals surface area contributed by atoms with Crippen molar-refractivity contribution in [2.75, 3.05) is 7.11 Å². The molecular weight excluding hydrogens is 150 g/mol. The van der Waals surface area contributed by atoms with E-state index in [1.165, 1.54) is 18.4 Å². The van der Waals surface area contributed by atoms with Crippen LogP contribution in [0, 0.1) is 0 Å². The van der Waals surface area contributed by atoms with Crippen molar-refractivity contribution in [3.8, 4) is 5.88 Å². The molecule has 0 unspecified atom stereocenters. The van der Waals surface area contributed by atoms with Crippen molar-refractivity contribution in [3.63, 3.8) is 0 Å². The van der Waals surface area contributed by atoms with Gasteiger partial charge in [-0.2, -0.15) is 0 Å². The summed E-state index contributed by atoms with van der Waals surface area (Å²) in [6.45, 7) is 2.26. The van der Waals surface area contributed by atoms with E-state index in [1.807, 2.05) is 6.07 Å². The van der Waals surface area contributed by atoms with Gasteiger partial charge in [-0.05, 0) is 24.3 Å². The zero-order valence-corrected chi connectivity index (χ0v) is 7.50. The standard InChI is InChI=1S/C10H13NO/c1-10(5-6-10)8-4-3-7-11-9(8)12-2/h3-4,7H,5-6H2,1-2H3. The largest absolute Gasteiger partial charge is 0.481 e. The molecule has 1 fully saturated rings. The van der Waals surface area contributed by atoms with Crippen LogP contribution in [-0.2, 0) is 5.41 Å². The van der Waals surface area contributed by atoms with Crippen molar-refractivity contribution >= 4 is 0 Å². The Morgan fingerprint density at radius 1 is 1.50 bits per heavy atom. The average Bonchev–Trinajstić information content (AvgIpc) is 2.85. The third-order valence-electron chi connectivity index (χ3n) is 2.61. The quantitative estimate of drug-likeness (QED) is 0.666. The zero-order chi connectivity index (χ0) is 8.60. The predicted molar refractivity (Wildman–Crippen MR) is 47.4 cm³/mol. The second kappa shape index (κ2) is 2.47. The van der Waals surface area contributed by atoms with Crippen LogP contribution in [0.2, 0.25) is 0 Å². The van der Waals surface area contributed by atoms with E-state index in [4.69, 9.17) is 4.74 Å². The lowest BCUT2D eigenvalue weighted by atomic mass is 10.00. The molecule has 0 N–H and O–H groups in total. The van der Waals surface area contributed by atoms with Gasteiger partial charge in [0.1, 0.15) is 0 Å². The lowest BCUT2D eigenvalue weighted by Gasteiger charge is -2.11. The summed E-state index contributed by atoms with van der Waals surface area (Å²) in [6.07, 6.45) is 4.29. The third kappa shape index (κ3) is 1.07. The number of hydrogen-bond donors (Lipinski definition) is 0. The highest BCUT2D eigenvalue weighted by molar-refractivity contribution is 5.37. The molecule has 0 amide bonds. The molecular formula is C10H13NO. The molecule has 0 spiro atoms. The van der Waals surface area contributed by atoms with Crippen LogP contribution in [0.25, 0.3) is 0 Å². The molecule has 1 aromatic heterocycles. The summed E-state index contributed by atoms with van der Waals surface area (Å²) < 4.78 is 5.20. The SMILES string of the molecule is COc1ncccc1C1(C)CC1. The highest BCUT2D eigenvalue weighted by Crippen LogP contribution is 2.49. The van der Waals surface area contributed by atoms with E-state index >= 15 is 0 Å². The van der Waals surface area contributed by atoms with Crippen LogP contribution in [0.3, 0.4) is 0 Å². The summed E-state index contributed by atoms with van der Waals surface area (Å²) in [4.78, 5) is 4.18. The monoisotopic (exact) mass is 163 g/mol. The number of hydrogen-bond acceptors (Lipinski definition) is 2. The summed E-state index contributed by atoms with van der Waals surface area (Å²) in [6, 6.07) is 4.08. The van der Waals surface area contributed by atoms with Gasteiger partial charge >= 0.3 is 0 Å². The topological polar surface area (TPSA) is 22.1 Å². The second-order valence-corrected chi connectivity index (χ2v) is 3.62. The van der Waals surface area contributed by atoms with Gasteiger partial charge in [0, 0.05) is 11.8 Å². The Morgan fingerprint density at radius 2 is 2.25 bits per heavy atom. The molecule has 0 bridgehead atoms. The number of ether oxygens (including phenoxy) is 1. The Hall–Kier alpha value is -1.05. The molecule has 1 aliphatic carbocycles. The Kier molecular flexibility index (Phi) is 1.56. The zero-order valence-electron chi connectivity index (χ0n) is 7.50. The van der Waals surface area contributed by atoms with Crippen molar-refractivity contribution in [2.24, 2.45) is 0 Å². The third-order valence-corrected chi connectivity index (χ3v) is 2.61. The Bertz CT molecular complexity index is 292. The molecule has 0 saturated heterocycles. The first kappa shape index (κ1) is 7.59. The normalized spacial score (nSPS) is 18.8. The summed E-state index contributed by atoms with van der Waals surface area (Å²) >= 11 is 0. The van der Waals surface area contributed by atoms with Gasteiger partial charge in [-0.25, -0.2) is 4.98 Å². The van der Waals surface area contributed by atoms with E-state index in [0.29, 0.717) is 5.41 Å². The summed E-state index contributed by atoms with van der Waals surface area (Å²) in [5.74, 6) is 0.789. The first-order valence-corrected chi connectivity index (χ1v) is 4.26. The van der Waals surface area contributed by atoms with Crippen LogP contribution >= 0.6 is 0 Å². The van der Waals surface area contributed by atoms with Gasteiger partial charge < -0.3 is 4.74 Å². The van der Waals surface area contributed by atoms with E-state index in [2.05, 4.69) is 18.0 Å². The summed E-state index contributed by atoms with van der Waals surface area (Å²) in [7, 11) is 1.68. The molecule has 64 valence electrons. The van der Waals surface area contributed by atoms with Crippen LogP contribution in [0.4, 0.5) is 0 Å². The molecule has 2 rings (SSSR count). The molecule has 2 nitrogen and oxygen atoms in total. The molecule has 1 saturated carbocycles. The van der Waals surface area contributed by atoms with Gasteiger partial charge in [-0.3, -0.25) is 0 Å². The number of rotatable bonds is 2. The lowest BCUT2D eigenvalue weighted by molar-refractivity contribution is 0.388. The summed E-state index contributed by atoms with van der Waals surface area (Å²) in [5, 5.41) is 0. The maximum absolute atomic E-state index is 5.20. The van der Waals surface area contributed by atoms with Crippen LogP contribution in [0.1, 0.15) is 25.3 Å². The van der Waals surface area contributed by atoms with Crippen LogP contribution in [-0.4, -0.2) is 12.1 Å². The molecule has 2 heteroatoms. The Labute approximate surface area is 72.6 Å². The molecule has 12 heavy (non-hydrogen) atoms. The first-order valence-electron chi connectivity index (χ1n) is 4.26. The van der Waals surface area contributed by atoms with Crippen molar-refractivity contribution in [2.45, 2.75) is 25.2 Å². The second-order valence-electron chi connectivity index (χ2n) is 3.62. The van der Waals surface area contributed by atoms with Gasteiger partial charge in [0.15, 0.2) is 0 Å². The van der Waals surface area contributed by atoms with Gasteiger partial charge in [0.25, 0.3) is 0 Å². The van der Waals surface area contributed by atoms with Gasteiger partial charge in [0.2, 0.25) is 5.88 Å². The fourth-order valence-corrected chi connectivity index (χ4v) is 1.47. The van der Waals surface area contributed by atoms with Crippen molar-refractivity contribution in [1.82, 2.24) is 4.98 Å². The molecule has 0 radical (unpaired) electrons. The maximum atomic E-state index is 5.20. The van der Waals surface area contributed by atoms with E-state index in [1.54, 1.807) is 13.3 Å². The number of aromatic nitrogens is 1. The van der Waals surface area contributed by atoms with Crippen LogP contribution in [0.15, 0.2) is 18.3 Å². The van der Waals surface area contributed by atoms with E-state index < -0.39 is 0 Å². The minimum absolute atomic E-state index is 0.347. The van der Waals surface area contributed by atoms with E-state index in [-0.39, 0.29) is 0 Å². The number of nitrogens with zero attached hydrogens (tertiary/aromatic N) is 1. The highest BCUT2D eigenvalue weighted by Gasteiger charge is 2.41. The fourth-order valence-electron chi connectivity index (χ4n) is 1.47. The minimum Gasteiger partial charge on any atom is -0.481 e. The molecule has 1 heterocycles. The van der Waals surface area contributed by atoms with Gasteiger partial charge in [-0.15, -0.1) is 0 Å². The van der Waals surface area contributed by atoms with Crippen LogP contribution in [0.5, 0.6) is 5.88 Å². The van der Waals surface area contributed by atoms with E-state index in [0.717, 1.165) is 5.88 Å². The molecule has 0 aromatic carbocycles. The molecule has 0 aliphatic heterocycles. The lowest BCUT2D eigenvalue weighted by Crippen LogP contribution is -2.03. The smallest absolute Gasteiger partial charge is 0.216 e. The Balaban J connectivity index is 2.42. The highest BCUT2D eigenvalue weighted by atomic mass is 16.5.